The van der Waals surface area contributed by atoms with Gasteiger partial charge in [0.2, 0.25) is 5.91 Å². The summed E-state index contributed by atoms with van der Waals surface area (Å²) >= 11 is 0. The number of carboxylic acid groups (broad SMARTS) is 1. The summed E-state index contributed by atoms with van der Waals surface area (Å²) in [7, 11) is 0. The van der Waals surface area contributed by atoms with E-state index in [1.165, 1.54) is 0 Å². The Hall–Kier alpha value is -2.11. The van der Waals surface area contributed by atoms with Crippen LogP contribution in [0, 0.1) is 0 Å². The molecule has 2 rings (SSSR count). The summed E-state index contributed by atoms with van der Waals surface area (Å²) in [5, 5.41) is 16.7. The van der Waals surface area contributed by atoms with Crippen LogP contribution in [0.4, 0.5) is 5.69 Å². The van der Waals surface area contributed by atoms with Gasteiger partial charge < -0.3 is 10.4 Å². The maximum absolute atomic E-state index is 12.0. The zero-order chi connectivity index (χ0) is 15.9. The number of carbonyl (C=O) groups is 2. The molecule has 6 heteroatoms. The van der Waals surface area contributed by atoms with Crippen molar-refractivity contribution < 1.29 is 14.7 Å². The van der Waals surface area contributed by atoms with Gasteiger partial charge in [-0.05, 0) is 17.9 Å². The van der Waals surface area contributed by atoms with E-state index >= 15 is 0 Å². The zero-order valence-corrected chi connectivity index (χ0v) is 13.7. The minimum atomic E-state index is -0.931. The smallest absolute Gasteiger partial charge is 0.320 e. The lowest BCUT2D eigenvalue weighted by Crippen LogP contribution is -2.41. The molecule has 0 saturated carbocycles. The standard InChI is InChI=1S/C17H20N2O3.ClH/c1-2-6-15(17(21)22)18-11-16(20)19-14-10-5-8-12-7-3-4-9-13(12)14;/h3-5,7-10,15,18H,2,6,11H2,1H3,(H,19,20)(H,21,22);1H. The van der Waals surface area contributed by atoms with Crippen LogP contribution >= 0.6 is 12.4 Å². The number of halogens is 1. The van der Waals surface area contributed by atoms with E-state index in [-0.39, 0.29) is 24.9 Å². The fourth-order valence-corrected chi connectivity index (χ4v) is 2.35. The normalized spacial score (nSPS) is 11.5. The molecule has 0 aliphatic carbocycles. The summed E-state index contributed by atoms with van der Waals surface area (Å²) in [5.41, 5.74) is 0.729. The van der Waals surface area contributed by atoms with Crippen molar-refractivity contribution in [2.75, 3.05) is 11.9 Å². The molecule has 1 amide bonds. The molecule has 124 valence electrons. The number of aliphatic carboxylic acids is 1. The van der Waals surface area contributed by atoms with Crippen molar-refractivity contribution in [2.45, 2.75) is 25.8 Å². The second-order valence-electron chi connectivity index (χ2n) is 5.14. The topological polar surface area (TPSA) is 78.4 Å². The van der Waals surface area contributed by atoms with E-state index in [1.54, 1.807) is 0 Å². The Kier molecular flexibility index (Phi) is 7.51. The number of amides is 1. The molecule has 1 atom stereocenters. The van der Waals surface area contributed by atoms with Crippen molar-refractivity contribution in [3.8, 4) is 0 Å². The van der Waals surface area contributed by atoms with Gasteiger partial charge >= 0.3 is 5.97 Å². The number of carbonyl (C=O) groups excluding carboxylic acids is 1. The van der Waals surface area contributed by atoms with E-state index in [1.807, 2.05) is 49.4 Å². The highest BCUT2D eigenvalue weighted by Crippen LogP contribution is 2.22. The number of benzene rings is 2. The van der Waals surface area contributed by atoms with E-state index < -0.39 is 12.0 Å². The lowest BCUT2D eigenvalue weighted by atomic mass is 10.1. The van der Waals surface area contributed by atoms with Crippen LogP contribution in [0.5, 0.6) is 0 Å². The average Bonchev–Trinajstić information content (AvgIpc) is 2.51. The first kappa shape index (κ1) is 18.9. The van der Waals surface area contributed by atoms with Gasteiger partial charge in [0.15, 0.2) is 0 Å². The van der Waals surface area contributed by atoms with Gasteiger partial charge in [-0.15, -0.1) is 12.4 Å². The van der Waals surface area contributed by atoms with E-state index in [2.05, 4.69) is 10.6 Å². The van der Waals surface area contributed by atoms with Gasteiger partial charge in [0, 0.05) is 11.1 Å². The fraction of sp³-hybridized carbons (Fsp3) is 0.294. The molecule has 1 unspecified atom stereocenters. The zero-order valence-electron chi connectivity index (χ0n) is 12.9. The summed E-state index contributed by atoms with van der Waals surface area (Å²) in [4.78, 5) is 23.1. The van der Waals surface area contributed by atoms with Crippen LogP contribution in [-0.2, 0) is 9.59 Å². The summed E-state index contributed by atoms with van der Waals surface area (Å²) < 4.78 is 0. The summed E-state index contributed by atoms with van der Waals surface area (Å²) in [6.45, 7) is 1.88. The van der Waals surface area contributed by atoms with Crippen molar-refractivity contribution in [2.24, 2.45) is 0 Å². The molecule has 2 aromatic carbocycles. The SMILES string of the molecule is CCCC(NCC(=O)Nc1cccc2ccccc12)C(=O)O.Cl. The Morgan fingerprint density at radius 3 is 2.52 bits per heavy atom. The maximum atomic E-state index is 12.0. The molecule has 0 fully saturated rings. The van der Waals surface area contributed by atoms with E-state index in [0.29, 0.717) is 6.42 Å². The Balaban J connectivity index is 0.00000264. The third kappa shape index (κ3) is 5.23. The highest BCUT2D eigenvalue weighted by atomic mass is 35.5. The predicted molar refractivity (Wildman–Crippen MR) is 94.2 cm³/mol. The van der Waals surface area contributed by atoms with Crippen molar-refractivity contribution in [1.82, 2.24) is 5.32 Å². The van der Waals surface area contributed by atoms with Crippen LogP contribution in [0.15, 0.2) is 42.5 Å². The number of carboxylic acids is 1. The Bertz CT molecular complexity index is 670. The fourth-order valence-electron chi connectivity index (χ4n) is 2.35. The van der Waals surface area contributed by atoms with Crippen LogP contribution < -0.4 is 10.6 Å². The predicted octanol–water partition coefficient (Wildman–Crippen LogP) is 3.04. The van der Waals surface area contributed by atoms with Crippen LogP contribution in [-0.4, -0.2) is 29.6 Å². The van der Waals surface area contributed by atoms with Crippen molar-refractivity contribution in [3.05, 3.63) is 42.5 Å². The molecule has 2 aromatic rings. The number of fused-ring (bicyclic) bond motifs is 1. The van der Waals surface area contributed by atoms with Crippen molar-refractivity contribution >= 4 is 40.7 Å². The molecule has 0 aliphatic rings. The monoisotopic (exact) mass is 336 g/mol. The Morgan fingerprint density at radius 2 is 1.83 bits per heavy atom. The lowest BCUT2D eigenvalue weighted by molar-refractivity contribution is -0.139. The molecule has 0 bridgehead atoms. The van der Waals surface area contributed by atoms with E-state index in [0.717, 1.165) is 22.9 Å². The number of rotatable bonds is 7. The first-order valence-corrected chi connectivity index (χ1v) is 7.35. The third-order valence-electron chi connectivity index (χ3n) is 3.45. The minimum absolute atomic E-state index is 0. The Morgan fingerprint density at radius 1 is 1.13 bits per heavy atom. The highest BCUT2D eigenvalue weighted by molar-refractivity contribution is 6.02. The number of nitrogens with one attached hydrogen (secondary N) is 2. The molecule has 3 N–H and O–H groups in total. The Labute approximate surface area is 141 Å². The van der Waals surface area contributed by atoms with Crippen LogP contribution in [0.3, 0.4) is 0 Å². The van der Waals surface area contributed by atoms with Crippen LogP contribution in [0.2, 0.25) is 0 Å². The average molecular weight is 337 g/mol. The first-order chi connectivity index (χ1) is 10.6. The first-order valence-electron chi connectivity index (χ1n) is 7.35. The number of hydrogen-bond donors (Lipinski definition) is 3. The second kappa shape index (κ2) is 9.12. The highest BCUT2D eigenvalue weighted by Gasteiger charge is 2.16. The quantitative estimate of drug-likeness (QED) is 0.726. The lowest BCUT2D eigenvalue weighted by Gasteiger charge is -2.14. The third-order valence-corrected chi connectivity index (χ3v) is 3.45. The molecule has 0 aromatic heterocycles. The molecule has 5 nitrogen and oxygen atoms in total. The van der Waals surface area contributed by atoms with Gasteiger partial charge in [-0.1, -0.05) is 49.7 Å². The maximum Gasteiger partial charge on any atom is 0.320 e. The largest absolute Gasteiger partial charge is 0.480 e. The van der Waals surface area contributed by atoms with E-state index in [4.69, 9.17) is 5.11 Å². The molecule has 0 heterocycles. The molecule has 0 radical (unpaired) electrons. The summed E-state index contributed by atoms with van der Waals surface area (Å²) in [6, 6.07) is 12.8. The van der Waals surface area contributed by atoms with Crippen molar-refractivity contribution in [3.63, 3.8) is 0 Å². The number of anilines is 1. The molecular weight excluding hydrogens is 316 g/mol. The van der Waals surface area contributed by atoms with Crippen LogP contribution in [0.25, 0.3) is 10.8 Å². The van der Waals surface area contributed by atoms with Gasteiger partial charge in [-0.25, -0.2) is 0 Å². The van der Waals surface area contributed by atoms with Gasteiger partial charge in [0.05, 0.1) is 6.54 Å². The van der Waals surface area contributed by atoms with E-state index in [9.17, 15) is 9.59 Å². The second-order valence-corrected chi connectivity index (χ2v) is 5.14. The molecule has 0 saturated heterocycles. The summed E-state index contributed by atoms with van der Waals surface area (Å²) in [6.07, 6.45) is 1.24. The minimum Gasteiger partial charge on any atom is -0.480 e. The molecule has 23 heavy (non-hydrogen) atoms. The molecule has 0 aliphatic heterocycles. The van der Waals surface area contributed by atoms with Gasteiger partial charge in [-0.2, -0.15) is 0 Å². The van der Waals surface area contributed by atoms with Gasteiger partial charge in [0.25, 0.3) is 0 Å². The van der Waals surface area contributed by atoms with Gasteiger partial charge in [0.1, 0.15) is 6.04 Å². The summed E-state index contributed by atoms with van der Waals surface area (Å²) in [5.74, 6) is -1.18. The van der Waals surface area contributed by atoms with Crippen LogP contribution in [0.1, 0.15) is 19.8 Å². The number of hydrogen-bond acceptors (Lipinski definition) is 3. The molecular formula is C17H21ClN2O3. The van der Waals surface area contributed by atoms with Crippen molar-refractivity contribution in [1.29, 1.82) is 0 Å². The molecule has 0 spiro atoms. The van der Waals surface area contributed by atoms with Gasteiger partial charge in [-0.3, -0.25) is 14.9 Å².